The molecule has 1 aromatic heterocycles. The minimum absolute atomic E-state index is 0.115. The summed E-state index contributed by atoms with van der Waals surface area (Å²) < 4.78 is 19.2. The summed E-state index contributed by atoms with van der Waals surface area (Å²) >= 11 is 0. The second kappa shape index (κ2) is 8.23. The number of amides is 2. The second-order valence-corrected chi connectivity index (χ2v) is 8.12. The van der Waals surface area contributed by atoms with Gasteiger partial charge in [-0.1, -0.05) is 20.8 Å². The Hall–Kier alpha value is -2.90. The van der Waals surface area contributed by atoms with Crippen molar-refractivity contribution in [1.29, 1.82) is 0 Å². The first-order valence-corrected chi connectivity index (χ1v) is 9.77. The van der Waals surface area contributed by atoms with Crippen LogP contribution in [0, 0.1) is 5.82 Å². The van der Waals surface area contributed by atoms with Crippen molar-refractivity contribution in [2.75, 3.05) is 32.8 Å². The van der Waals surface area contributed by atoms with Gasteiger partial charge in [-0.2, -0.15) is 5.10 Å². The number of piperazine rings is 1. The number of nitrogens with zero attached hydrogens (tertiary/aromatic N) is 3. The van der Waals surface area contributed by atoms with Gasteiger partial charge < -0.3 is 14.5 Å². The van der Waals surface area contributed by atoms with Crippen LogP contribution in [0.15, 0.2) is 24.3 Å². The van der Waals surface area contributed by atoms with Crippen molar-refractivity contribution in [3.05, 3.63) is 41.3 Å². The Morgan fingerprint density at radius 3 is 2.34 bits per heavy atom. The number of ether oxygens (including phenoxy) is 1. The molecule has 3 rings (SSSR count). The van der Waals surface area contributed by atoms with E-state index in [4.69, 9.17) is 4.74 Å². The van der Waals surface area contributed by atoms with Crippen molar-refractivity contribution in [3.63, 3.8) is 0 Å². The van der Waals surface area contributed by atoms with Gasteiger partial charge in [0.2, 0.25) is 0 Å². The lowest BCUT2D eigenvalue weighted by molar-refractivity contribution is 0.0570. The van der Waals surface area contributed by atoms with Crippen molar-refractivity contribution in [2.45, 2.75) is 33.1 Å². The zero-order valence-corrected chi connectivity index (χ0v) is 17.3. The van der Waals surface area contributed by atoms with Crippen molar-refractivity contribution in [3.8, 4) is 11.3 Å². The first kappa shape index (κ1) is 20.8. The largest absolute Gasteiger partial charge is 0.450 e. The van der Waals surface area contributed by atoms with E-state index in [1.54, 1.807) is 22.8 Å². The van der Waals surface area contributed by atoms with Gasteiger partial charge in [0.1, 0.15) is 5.82 Å². The zero-order valence-electron chi connectivity index (χ0n) is 17.3. The van der Waals surface area contributed by atoms with E-state index in [-0.39, 0.29) is 23.0 Å². The number of H-pyrrole nitrogens is 1. The smallest absolute Gasteiger partial charge is 0.409 e. The van der Waals surface area contributed by atoms with Gasteiger partial charge in [-0.05, 0) is 31.2 Å². The fourth-order valence-electron chi connectivity index (χ4n) is 3.20. The van der Waals surface area contributed by atoms with Crippen LogP contribution < -0.4 is 0 Å². The summed E-state index contributed by atoms with van der Waals surface area (Å²) in [6.07, 6.45) is -0.374. The number of benzene rings is 1. The van der Waals surface area contributed by atoms with Crippen LogP contribution in [0.4, 0.5) is 9.18 Å². The summed E-state index contributed by atoms with van der Waals surface area (Å²) in [5.74, 6) is -0.753. The topological polar surface area (TPSA) is 78.5 Å². The molecule has 0 spiro atoms. The molecule has 1 aliphatic rings. The molecular formula is C21H27FN4O3. The molecule has 0 bridgehead atoms. The first-order valence-electron chi connectivity index (χ1n) is 9.77. The summed E-state index contributed by atoms with van der Waals surface area (Å²) in [5, 5.41) is 7.26. The minimum atomic E-state index is -0.490. The molecule has 0 saturated carbocycles. The summed E-state index contributed by atoms with van der Waals surface area (Å²) in [7, 11) is 0. The first-order chi connectivity index (χ1) is 13.7. The Labute approximate surface area is 169 Å². The zero-order chi connectivity index (χ0) is 21.2. The van der Waals surface area contributed by atoms with Crippen LogP contribution in [0.1, 0.15) is 43.7 Å². The van der Waals surface area contributed by atoms with E-state index in [1.807, 2.05) is 6.07 Å². The molecule has 156 valence electrons. The standard InChI is InChI=1S/C21H27FN4O3/c1-5-29-20(28)26-8-6-25(7-9-26)19(27)15-10-14(11-16(22)12-15)17-13-18(24-23-17)21(2,3)4/h10-13H,5-9H2,1-4H3,(H,23,24). The van der Waals surface area contributed by atoms with Gasteiger partial charge in [-0.25, -0.2) is 9.18 Å². The fraction of sp³-hybridized carbons (Fsp3) is 0.476. The average Bonchev–Trinajstić information content (AvgIpc) is 3.18. The number of carbonyl (C=O) groups excluding carboxylic acids is 2. The van der Waals surface area contributed by atoms with E-state index >= 15 is 0 Å². The molecule has 1 aliphatic heterocycles. The lowest BCUT2D eigenvalue weighted by atomic mass is 9.92. The number of nitrogens with one attached hydrogen (secondary N) is 1. The molecule has 0 atom stereocenters. The number of hydrogen-bond acceptors (Lipinski definition) is 4. The fourth-order valence-corrected chi connectivity index (χ4v) is 3.20. The molecule has 1 saturated heterocycles. The van der Waals surface area contributed by atoms with Gasteiger partial charge in [0.25, 0.3) is 5.91 Å². The van der Waals surface area contributed by atoms with E-state index in [2.05, 4.69) is 31.0 Å². The summed E-state index contributed by atoms with van der Waals surface area (Å²) in [6.45, 7) is 9.77. The van der Waals surface area contributed by atoms with E-state index < -0.39 is 5.82 Å². The summed E-state index contributed by atoms with van der Waals surface area (Å²) in [5.41, 5.74) is 2.22. The Balaban J connectivity index is 1.75. The molecule has 0 unspecified atom stereocenters. The van der Waals surface area contributed by atoms with Gasteiger partial charge in [-0.15, -0.1) is 0 Å². The molecule has 8 heteroatoms. The van der Waals surface area contributed by atoms with Gasteiger partial charge in [0.05, 0.1) is 12.3 Å². The lowest BCUT2D eigenvalue weighted by Gasteiger charge is -2.34. The Morgan fingerprint density at radius 2 is 1.76 bits per heavy atom. The molecule has 1 N–H and O–H groups in total. The molecule has 1 fully saturated rings. The van der Waals surface area contributed by atoms with Gasteiger partial charge in [0, 0.05) is 48.4 Å². The molecule has 7 nitrogen and oxygen atoms in total. The van der Waals surface area contributed by atoms with Crippen LogP contribution in [0.2, 0.25) is 0 Å². The summed E-state index contributed by atoms with van der Waals surface area (Å²) in [6, 6.07) is 6.14. The summed E-state index contributed by atoms with van der Waals surface area (Å²) in [4.78, 5) is 27.9. The molecule has 29 heavy (non-hydrogen) atoms. The lowest BCUT2D eigenvalue weighted by Crippen LogP contribution is -2.50. The average molecular weight is 402 g/mol. The number of aromatic amines is 1. The van der Waals surface area contributed by atoms with E-state index in [9.17, 15) is 14.0 Å². The maximum absolute atomic E-state index is 14.3. The van der Waals surface area contributed by atoms with Crippen LogP contribution in [-0.2, 0) is 10.2 Å². The van der Waals surface area contributed by atoms with Crippen LogP contribution in [0.3, 0.4) is 0 Å². The van der Waals surface area contributed by atoms with E-state index in [0.29, 0.717) is 44.0 Å². The van der Waals surface area contributed by atoms with E-state index in [0.717, 1.165) is 5.69 Å². The molecule has 0 aliphatic carbocycles. The minimum Gasteiger partial charge on any atom is -0.450 e. The van der Waals surface area contributed by atoms with Gasteiger partial charge in [-0.3, -0.25) is 9.89 Å². The number of aromatic nitrogens is 2. The van der Waals surface area contributed by atoms with E-state index in [1.165, 1.54) is 12.1 Å². The molecule has 2 heterocycles. The third-order valence-corrected chi connectivity index (χ3v) is 4.92. The maximum Gasteiger partial charge on any atom is 0.409 e. The molecule has 2 aromatic rings. The Kier molecular flexibility index (Phi) is 5.91. The SMILES string of the molecule is CCOC(=O)N1CCN(C(=O)c2cc(F)cc(-c3cc(C(C)(C)C)[nH]n3)c2)CC1. The highest BCUT2D eigenvalue weighted by molar-refractivity contribution is 5.95. The van der Waals surface area contributed by atoms with Crippen molar-refractivity contribution in [1.82, 2.24) is 20.0 Å². The molecular weight excluding hydrogens is 375 g/mol. The number of rotatable bonds is 3. The van der Waals surface area contributed by atoms with Crippen LogP contribution >= 0.6 is 0 Å². The highest BCUT2D eigenvalue weighted by Crippen LogP contribution is 2.27. The number of hydrogen-bond donors (Lipinski definition) is 1. The van der Waals surface area contributed by atoms with Crippen molar-refractivity contribution >= 4 is 12.0 Å². The predicted octanol–water partition coefficient (Wildman–Crippen LogP) is 3.43. The number of carbonyl (C=O) groups is 2. The quantitative estimate of drug-likeness (QED) is 0.853. The van der Waals surface area contributed by atoms with Crippen molar-refractivity contribution < 1.29 is 18.7 Å². The monoisotopic (exact) mass is 402 g/mol. The third-order valence-electron chi connectivity index (χ3n) is 4.92. The normalized spacial score (nSPS) is 14.8. The number of halogens is 1. The highest BCUT2D eigenvalue weighted by atomic mass is 19.1. The third kappa shape index (κ3) is 4.75. The molecule has 1 aromatic carbocycles. The van der Waals surface area contributed by atoms with Gasteiger partial charge in [0.15, 0.2) is 0 Å². The van der Waals surface area contributed by atoms with Crippen LogP contribution in [0.25, 0.3) is 11.3 Å². The van der Waals surface area contributed by atoms with Crippen molar-refractivity contribution in [2.24, 2.45) is 0 Å². The predicted molar refractivity (Wildman–Crippen MR) is 107 cm³/mol. The molecule has 0 radical (unpaired) electrons. The molecule has 2 amide bonds. The maximum atomic E-state index is 14.3. The second-order valence-electron chi connectivity index (χ2n) is 8.12. The Bertz CT molecular complexity index is 896. The van der Waals surface area contributed by atoms with Gasteiger partial charge >= 0.3 is 6.09 Å². The highest BCUT2D eigenvalue weighted by Gasteiger charge is 2.26. The van der Waals surface area contributed by atoms with Crippen LogP contribution in [0.5, 0.6) is 0 Å². The van der Waals surface area contributed by atoms with Crippen LogP contribution in [-0.4, -0.2) is 64.8 Å². The Morgan fingerprint density at radius 1 is 1.10 bits per heavy atom.